The van der Waals surface area contributed by atoms with Gasteiger partial charge in [0.2, 0.25) is 0 Å². The third kappa shape index (κ3) is 5.42. The molecule has 3 N–H and O–H groups in total. The van der Waals surface area contributed by atoms with Crippen LogP contribution in [0.15, 0.2) is 36.4 Å². The fourth-order valence-electron chi connectivity index (χ4n) is 5.37. The third-order valence-electron chi connectivity index (χ3n) is 7.81. The van der Waals surface area contributed by atoms with Crippen LogP contribution in [0, 0.1) is 0 Å². The number of anilines is 1. The predicted octanol–water partition coefficient (Wildman–Crippen LogP) is 4.40. The van der Waals surface area contributed by atoms with Crippen molar-refractivity contribution in [2.45, 2.75) is 82.8 Å². The maximum absolute atomic E-state index is 9.84. The van der Waals surface area contributed by atoms with Crippen LogP contribution in [0.4, 0.5) is 5.82 Å². The number of benzene rings is 1. The lowest BCUT2D eigenvalue weighted by molar-refractivity contribution is 0.126. The fraction of sp³-hybridized carbons (Fsp3) is 0.607. The van der Waals surface area contributed by atoms with Crippen molar-refractivity contribution >= 4 is 5.82 Å². The molecule has 2 aliphatic rings. The molecule has 0 unspecified atom stereocenters. The molecule has 1 saturated heterocycles. The van der Waals surface area contributed by atoms with Gasteiger partial charge in [-0.2, -0.15) is 0 Å². The lowest BCUT2D eigenvalue weighted by atomic mass is 9.63. The van der Waals surface area contributed by atoms with E-state index in [1.54, 1.807) is 0 Å². The average Bonchev–Trinajstić information content (AvgIpc) is 2.81. The van der Waals surface area contributed by atoms with Gasteiger partial charge in [-0.15, -0.1) is 0 Å². The standard InChI is InChI=1S/C28H41N3O2/c1-27(2)13-14-28(3,4)24-18-20(8-9-23(24)27)25-6-5-7-26(30-25)31-15-10-21(11-16-31)29-19-22(33)12-17-32/h5-9,18,21-22,29,32-33H,10-17,19H2,1-4H3/t22-/m1/s1. The van der Waals surface area contributed by atoms with E-state index in [4.69, 9.17) is 10.1 Å². The zero-order valence-corrected chi connectivity index (χ0v) is 20.8. The maximum atomic E-state index is 9.84. The first-order valence-electron chi connectivity index (χ1n) is 12.6. The number of nitrogens with one attached hydrogen (secondary N) is 1. The second-order valence-corrected chi connectivity index (χ2v) is 11.2. The van der Waals surface area contributed by atoms with Gasteiger partial charge in [0.05, 0.1) is 11.8 Å². The number of rotatable bonds is 7. The highest BCUT2D eigenvalue weighted by Gasteiger charge is 2.37. The van der Waals surface area contributed by atoms with Crippen LogP contribution >= 0.6 is 0 Å². The summed E-state index contributed by atoms with van der Waals surface area (Å²) in [5.74, 6) is 1.04. The van der Waals surface area contributed by atoms with E-state index in [1.165, 1.54) is 29.5 Å². The molecule has 0 saturated carbocycles. The maximum Gasteiger partial charge on any atom is 0.129 e. The molecular weight excluding hydrogens is 410 g/mol. The van der Waals surface area contributed by atoms with Crippen LogP contribution in [0.25, 0.3) is 11.3 Å². The van der Waals surface area contributed by atoms with Crippen molar-refractivity contribution in [1.29, 1.82) is 0 Å². The molecule has 0 radical (unpaired) electrons. The van der Waals surface area contributed by atoms with E-state index in [2.05, 4.69) is 74.3 Å². The first kappa shape index (κ1) is 24.2. The second-order valence-electron chi connectivity index (χ2n) is 11.2. The van der Waals surface area contributed by atoms with Gasteiger partial charge < -0.3 is 20.4 Å². The zero-order valence-electron chi connectivity index (χ0n) is 20.8. The summed E-state index contributed by atoms with van der Waals surface area (Å²) in [5, 5.41) is 22.2. The monoisotopic (exact) mass is 451 g/mol. The van der Waals surface area contributed by atoms with Gasteiger partial charge in [0, 0.05) is 37.8 Å². The van der Waals surface area contributed by atoms with Crippen molar-refractivity contribution < 1.29 is 10.2 Å². The molecule has 5 nitrogen and oxygen atoms in total. The molecule has 5 heteroatoms. The van der Waals surface area contributed by atoms with Crippen molar-refractivity contribution in [2.24, 2.45) is 0 Å². The van der Waals surface area contributed by atoms with Gasteiger partial charge in [-0.1, -0.05) is 45.9 Å². The van der Waals surface area contributed by atoms with Gasteiger partial charge in [-0.25, -0.2) is 4.98 Å². The Morgan fingerprint density at radius 2 is 1.73 bits per heavy atom. The summed E-state index contributed by atoms with van der Waals surface area (Å²) in [6.07, 6.45) is 4.45. The van der Waals surface area contributed by atoms with E-state index in [0.717, 1.165) is 37.4 Å². The topological polar surface area (TPSA) is 68.6 Å². The predicted molar refractivity (Wildman–Crippen MR) is 136 cm³/mol. The highest BCUT2D eigenvalue weighted by atomic mass is 16.3. The van der Waals surface area contributed by atoms with E-state index in [1.807, 2.05) is 0 Å². The Kier molecular flexibility index (Phi) is 7.13. The number of pyridine rings is 1. The van der Waals surface area contributed by atoms with Crippen LogP contribution in [0.3, 0.4) is 0 Å². The molecule has 2 aromatic rings. The minimum absolute atomic E-state index is 0.0305. The number of piperidine rings is 1. The Morgan fingerprint density at radius 3 is 2.42 bits per heavy atom. The minimum atomic E-state index is -0.474. The summed E-state index contributed by atoms with van der Waals surface area (Å²) < 4.78 is 0. The van der Waals surface area contributed by atoms with E-state index in [9.17, 15) is 5.11 Å². The highest BCUT2D eigenvalue weighted by Crippen LogP contribution is 2.46. The van der Waals surface area contributed by atoms with Gasteiger partial charge in [-0.3, -0.25) is 0 Å². The van der Waals surface area contributed by atoms with Crippen LogP contribution < -0.4 is 10.2 Å². The lowest BCUT2D eigenvalue weighted by Gasteiger charge is -2.42. The quantitative estimate of drug-likeness (QED) is 0.582. The highest BCUT2D eigenvalue weighted by molar-refractivity contribution is 5.65. The van der Waals surface area contributed by atoms with Crippen LogP contribution in [-0.4, -0.2) is 53.6 Å². The third-order valence-corrected chi connectivity index (χ3v) is 7.81. The summed E-state index contributed by atoms with van der Waals surface area (Å²) in [7, 11) is 0. The molecule has 0 bridgehead atoms. The van der Waals surface area contributed by atoms with Crippen LogP contribution in [0.1, 0.15) is 70.9 Å². The minimum Gasteiger partial charge on any atom is -0.396 e. The summed E-state index contributed by atoms with van der Waals surface area (Å²) in [6, 6.07) is 13.8. The molecule has 0 spiro atoms. The molecule has 0 amide bonds. The van der Waals surface area contributed by atoms with Crippen molar-refractivity contribution in [3.05, 3.63) is 47.5 Å². The van der Waals surface area contributed by atoms with E-state index < -0.39 is 6.10 Å². The van der Waals surface area contributed by atoms with Gasteiger partial charge in [0.25, 0.3) is 0 Å². The lowest BCUT2D eigenvalue weighted by Crippen LogP contribution is -2.45. The Hall–Kier alpha value is -1.95. The molecule has 1 aromatic heterocycles. The SMILES string of the molecule is CC1(C)CCC(C)(C)c2cc(-c3cccc(N4CCC(NC[C@H](O)CCO)CC4)n3)ccc21. The van der Waals surface area contributed by atoms with Crippen LogP contribution in [-0.2, 0) is 10.8 Å². The molecule has 33 heavy (non-hydrogen) atoms. The van der Waals surface area contributed by atoms with E-state index in [-0.39, 0.29) is 17.4 Å². The Labute approximate surface area is 199 Å². The summed E-state index contributed by atoms with van der Waals surface area (Å²) in [6.45, 7) is 12.0. The molecule has 180 valence electrons. The van der Waals surface area contributed by atoms with Gasteiger partial charge >= 0.3 is 0 Å². The number of hydrogen-bond acceptors (Lipinski definition) is 5. The number of nitrogens with zero attached hydrogens (tertiary/aromatic N) is 2. The van der Waals surface area contributed by atoms with Gasteiger partial charge in [0.15, 0.2) is 0 Å². The molecule has 1 aromatic carbocycles. The number of fused-ring (bicyclic) bond motifs is 1. The van der Waals surface area contributed by atoms with Gasteiger partial charge in [0.1, 0.15) is 5.82 Å². The van der Waals surface area contributed by atoms with Crippen LogP contribution in [0.5, 0.6) is 0 Å². The first-order valence-corrected chi connectivity index (χ1v) is 12.6. The van der Waals surface area contributed by atoms with E-state index in [0.29, 0.717) is 19.0 Å². The summed E-state index contributed by atoms with van der Waals surface area (Å²) in [4.78, 5) is 7.43. The zero-order chi connectivity index (χ0) is 23.6. The number of aromatic nitrogens is 1. The molecule has 4 rings (SSSR count). The Morgan fingerprint density at radius 1 is 1.03 bits per heavy atom. The smallest absolute Gasteiger partial charge is 0.129 e. The molecule has 1 atom stereocenters. The molecule has 1 fully saturated rings. The number of aliphatic hydroxyl groups is 2. The summed E-state index contributed by atoms with van der Waals surface area (Å²) in [5.41, 5.74) is 5.62. The Bertz CT molecular complexity index is 948. The first-order chi connectivity index (χ1) is 15.7. The molecule has 2 heterocycles. The largest absolute Gasteiger partial charge is 0.396 e. The Balaban J connectivity index is 1.46. The van der Waals surface area contributed by atoms with Crippen molar-refractivity contribution in [2.75, 3.05) is 31.1 Å². The number of aliphatic hydroxyl groups excluding tert-OH is 2. The van der Waals surface area contributed by atoms with Crippen molar-refractivity contribution in [1.82, 2.24) is 10.3 Å². The second kappa shape index (κ2) is 9.73. The normalized spacial score (nSPS) is 21.0. The summed E-state index contributed by atoms with van der Waals surface area (Å²) >= 11 is 0. The van der Waals surface area contributed by atoms with Crippen molar-refractivity contribution in [3.8, 4) is 11.3 Å². The fourth-order valence-corrected chi connectivity index (χ4v) is 5.37. The van der Waals surface area contributed by atoms with Crippen LogP contribution in [0.2, 0.25) is 0 Å². The van der Waals surface area contributed by atoms with E-state index >= 15 is 0 Å². The van der Waals surface area contributed by atoms with Crippen molar-refractivity contribution in [3.63, 3.8) is 0 Å². The number of hydrogen-bond donors (Lipinski definition) is 3. The molecule has 1 aliphatic carbocycles. The average molecular weight is 452 g/mol. The van der Waals surface area contributed by atoms with Gasteiger partial charge in [-0.05, 0) is 72.3 Å². The molecular formula is C28H41N3O2. The molecule has 1 aliphatic heterocycles.